The molecule has 0 unspecified atom stereocenters. The smallest absolute Gasteiger partial charge is 0.259 e. The molecule has 0 aromatic rings. The largest absolute Gasteiger partial charge is 0.416 e. The first-order chi connectivity index (χ1) is 6.97. The molecule has 1 rings (SSSR count). The van der Waals surface area contributed by atoms with E-state index in [1.54, 1.807) is 0 Å². The van der Waals surface area contributed by atoms with Gasteiger partial charge < -0.3 is 9.53 Å². The fraction of sp³-hybridized carbons (Fsp3) is 1.00. The average molecular weight is 252 g/mol. The monoisotopic (exact) mass is 252 g/mol. The number of aliphatic hydroxyl groups excluding tert-OH is 1. The molecule has 0 spiro atoms. The minimum absolute atomic E-state index is 0.00776. The van der Waals surface area contributed by atoms with E-state index in [1.165, 1.54) is 0 Å². The molecule has 0 heterocycles. The van der Waals surface area contributed by atoms with E-state index >= 15 is 0 Å². The Bertz CT molecular complexity index is 272. The molecule has 0 aliphatic heterocycles. The highest BCUT2D eigenvalue weighted by atomic mass is 28.4. The van der Waals surface area contributed by atoms with Crippen LogP contribution in [-0.2, 0) is 4.43 Å². The van der Waals surface area contributed by atoms with E-state index in [-0.39, 0.29) is 18.1 Å². The number of aliphatic hydroxyl groups is 1. The molecule has 1 N–H and O–H groups in total. The summed E-state index contributed by atoms with van der Waals surface area (Å²) in [6.45, 7) is 9.74. The van der Waals surface area contributed by atoms with E-state index in [2.05, 4.69) is 20.8 Å². The van der Waals surface area contributed by atoms with Crippen molar-refractivity contribution in [1.29, 1.82) is 0 Å². The maximum Gasteiger partial charge on any atom is 0.259 e. The maximum atomic E-state index is 13.1. The fourth-order valence-corrected chi connectivity index (χ4v) is 2.36. The van der Waals surface area contributed by atoms with Gasteiger partial charge in [0.2, 0.25) is 0 Å². The lowest BCUT2D eigenvalue weighted by Crippen LogP contribution is -2.43. The van der Waals surface area contributed by atoms with Gasteiger partial charge in [-0.1, -0.05) is 20.8 Å². The number of hydrogen-bond donors (Lipinski definition) is 1. The Kier molecular flexibility index (Phi) is 3.29. The lowest BCUT2D eigenvalue weighted by molar-refractivity contribution is 0.0115. The number of halogens is 2. The molecule has 96 valence electrons. The van der Waals surface area contributed by atoms with Gasteiger partial charge in [0, 0.05) is 13.0 Å². The lowest BCUT2D eigenvalue weighted by atomic mass is 10.1. The predicted octanol–water partition coefficient (Wildman–Crippen LogP) is 3.03. The Balaban J connectivity index is 2.59. The molecule has 1 atom stereocenters. The van der Waals surface area contributed by atoms with Crippen molar-refractivity contribution in [2.24, 2.45) is 5.41 Å². The van der Waals surface area contributed by atoms with Gasteiger partial charge in [0.05, 0.1) is 12.0 Å². The van der Waals surface area contributed by atoms with E-state index in [1.807, 2.05) is 13.1 Å². The third-order valence-corrected chi connectivity index (χ3v) is 8.51. The van der Waals surface area contributed by atoms with Gasteiger partial charge in [0.15, 0.2) is 8.32 Å². The van der Waals surface area contributed by atoms with E-state index in [0.717, 1.165) is 0 Å². The van der Waals surface area contributed by atoms with Crippen LogP contribution in [-0.4, -0.2) is 32.6 Å². The summed E-state index contributed by atoms with van der Waals surface area (Å²) in [7, 11) is -2.00. The van der Waals surface area contributed by atoms with Crippen LogP contribution in [0.4, 0.5) is 8.78 Å². The average Bonchev–Trinajstić information content (AvgIpc) is 2.64. The molecule has 1 fully saturated rings. The van der Waals surface area contributed by atoms with Gasteiger partial charge in [-0.05, 0) is 18.1 Å². The molecule has 0 aromatic carbocycles. The van der Waals surface area contributed by atoms with Gasteiger partial charge in [-0.15, -0.1) is 0 Å². The van der Waals surface area contributed by atoms with Crippen molar-refractivity contribution in [1.82, 2.24) is 0 Å². The molecule has 5 heteroatoms. The van der Waals surface area contributed by atoms with E-state index in [0.29, 0.717) is 0 Å². The number of hydrogen-bond acceptors (Lipinski definition) is 2. The van der Waals surface area contributed by atoms with Crippen LogP contribution in [0, 0.1) is 5.41 Å². The summed E-state index contributed by atoms with van der Waals surface area (Å²) in [6, 6.07) is 0. The van der Waals surface area contributed by atoms with Gasteiger partial charge >= 0.3 is 0 Å². The van der Waals surface area contributed by atoms with Crippen molar-refractivity contribution in [2.45, 2.75) is 51.2 Å². The molecule has 0 bridgehead atoms. The van der Waals surface area contributed by atoms with Gasteiger partial charge in [-0.3, -0.25) is 0 Å². The first-order valence-electron chi connectivity index (χ1n) is 5.60. The SMILES string of the molecule is CC(C)(C)[Si](C)(C)OC[C@@]1(CO)CC1(F)F. The van der Waals surface area contributed by atoms with Crippen LogP contribution in [0.2, 0.25) is 18.1 Å². The van der Waals surface area contributed by atoms with E-state index < -0.39 is 26.3 Å². The quantitative estimate of drug-likeness (QED) is 0.779. The highest BCUT2D eigenvalue weighted by Crippen LogP contribution is 2.60. The molecule has 0 amide bonds. The summed E-state index contributed by atoms with van der Waals surface area (Å²) in [5.41, 5.74) is -1.30. The van der Waals surface area contributed by atoms with Crippen molar-refractivity contribution in [3.63, 3.8) is 0 Å². The number of rotatable bonds is 4. The van der Waals surface area contributed by atoms with Crippen molar-refractivity contribution in [2.75, 3.05) is 13.2 Å². The molecule has 0 radical (unpaired) electrons. The summed E-state index contributed by atoms with van der Waals surface area (Å²) < 4.78 is 31.9. The van der Waals surface area contributed by atoms with Crippen LogP contribution < -0.4 is 0 Å². The third kappa shape index (κ3) is 2.31. The van der Waals surface area contributed by atoms with E-state index in [9.17, 15) is 8.78 Å². The van der Waals surface area contributed by atoms with Crippen LogP contribution in [0.1, 0.15) is 27.2 Å². The van der Waals surface area contributed by atoms with Crippen LogP contribution in [0.15, 0.2) is 0 Å². The molecule has 2 nitrogen and oxygen atoms in total. The van der Waals surface area contributed by atoms with Crippen molar-refractivity contribution < 1.29 is 18.3 Å². The maximum absolute atomic E-state index is 13.1. The first kappa shape index (κ1) is 14.1. The summed E-state index contributed by atoms with van der Waals surface area (Å²) in [6.07, 6.45) is -0.245. The molecule has 1 aliphatic carbocycles. The lowest BCUT2D eigenvalue weighted by Gasteiger charge is -2.37. The van der Waals surface area contributed by atoms with Gasteiger partial charge in [0.25, 0.3) is 5.92 Å². The summed E-state index contributed by atoms with van der Waals surface area (Å²) in [5, 5.41) is 9.05. The molecule has 0 aromatic heterocycles. The van der Waals surface area contributed by atoms with Crippen molar-refractivity contribution >= 4 is 8.32 Å². The zero-order valence-corrected chi connectivity index (χ0v) is 11.7. The standard InChI is InChI=1S/C11H22F2O2Si/c1-9(2,3)16(4,5)15-8-10(7-14)6-11(10,12)13/h14H,6-8H2,1-5H3/t10-/m0/s1. The Hall–Kier alpha value is -0.00312. The fourth-order valence-electron chi connectivity index (χ4n) is 1.29. The second-order valence-corrected chi connectivity index (χ2v) is 11.2. The highest BCUT2D eigenvalue weighted by molar-refractivity contribution is 6.74. The zero-order chi connectivity index (χ0) is 12.8. The highest BCUT2D eigenvalue weighted by Gasteiger charge is 2.71. The normalized spacial score (nSPS) is 29.2. The second-order valence-electron chi connectivity index (χ2n) is 6.37. The van der Waals surface area contributed by atoms with Crippen molar-refractivity contribution in [3.8, 4) is 0 Å². The Labute approximate surface area is 97.1 Å². The van der Waals surface area contributed by atoms with Crippen LogP contribution in [0.5, 0.6) is 0 Å². The molecule has 1 saturated carbocycles. The van der Waals surface area contributed by atoms with Crippen LogP contribution in [0.25, 0.3) is 0 Å². The molecule has 0 saturated heterocycles. The minimum atomic E-state index is -2.75. The zero-order valence-electron chi connectivity index (χ0n) is 10.7. The Morgan fingerprint density at radius 3 is 2.00 bits per heavy atom. The molecular formula is C11H22F2O2Si. The van der Waals surface area contributed by atoms with Crippen LogP contribution >= 0.6 is 0 Å². The Morgan fingerprint density at radius 2 is 1.75 bits per heavy atom. The molecule has 16 heavy (non-hydrogen) atoms. The topological polar surface area (TPSA) is 29.5 Å². The van der Waals surface area contributed by atoms with Gasteiger partial charge in [-0.25, -0.2) is 8.78 Å². The van der Waals surface area contributed by atoms with Gasteiger partial charge in [-0.2, -0.15) is 0 Å². The van der Waals surface area contributed by atoms with Gasteiger partial charge in [0.1, 0.15) is 0 Å². The van der Waals surface area contributed by atoms with E-state index in [4.69, 9.17) is 9.53 Å². The third-order valence-electron chi connectivity index (χ3n) is 4.03. The number of alkyl halides is 2. The van der Waals surface area contributed by atoms with Crippen molar-refractivity contribution in [3.05, 3.63) is 0 Å². The first-order valence-corrected chi connectivity index (χ1v) is 8.51. The Morgan fingerprint density at radius 1 is 1.31 bits per heavy atom. The van der Waals surface area contributed by atoms with Crippen LogP contribution in [0.3, 0.4) is 0 Å². The second kappa shape index (κ2) is 3.75. The summed E-state index contributed by atoms with van der Waals surface area (Å²) in [4.78, 5) is 0. The minimum Gasteiger partial charge on any atom is -0.416 e. The summed E-state index contributed by atoms with van der Waals surface area (Å²) >= 11 is 0. The summed E-state index contributed by atoms with van der Waals surface area (Å²) in [5.74, 6) is -2.75. The molecule has 1 aliphatic rings. The predicted molar refractivity (Wildman–Crippen MR) is 62.2 cm³/mol. The molecular weight excluding hydrogens is 230 g/mol.